The molecule has 0 spiro atoms. The lowest BCUT2D eigenvalue weighted by Gasteiger charge is -2.06. The van der Waals surface area contributed by atoms with Crippen molar-refractivity contribution in [2.45, 2.75) is 0 Å². The molecule has 0 aliphatic carbocycles. The maximum Gasteiger partial charge on any atom is 0.278 e. The second kappa shape index (κ2) is 5.66. The fourth-order valence-electron chi connectivity index (χ4n) is 1.40. The van der Waals surface area contributed by atoms with Crippen molar-refractivity contribution < 1.29 is 9.66 Å². The van der Waals surface area contributed by atoms with Crippen molar-refractivity contribution >= 4 is 27.4 Å². The topological polar surface area (TPSA) is 77.3 Å². The number of hydrogen-bond donors (Lipinski definition) is 1. The van der Waals surface area contributed by atoms with Crippen LogP contribution in [0.15, 0.2) is 40.9 Å². The minimum absolute atomic E-state index is 0.0774. The molecule has 0 atom stereocenters. The van der Waals surface area contributed by atoms with Gasteiger partial charge in [0.1, 0.15) is 11.6 Å². The molecule has 0 amide bonds. The van der Waals surface area contributed by atoms with E-state index >= 15 is 0 Å². The van der Waals surface area contributed by atoms with Gasteiger partial charge in [0.05, 0.1) is 17.1 Å². The summed E-state index contributed by atoms with van der Waals surface area (Å²) in [6, 6.07) is 9.72. The summed E-state index contributed by atoms with van der Waals surface area (Å²) < 4.78 is 6.41. The first-order valence-corrected chi connectivity index (χ1v) is 6.15. The lowest BCUT2D eigenvalue weighted by Crippen LogP contribution is -1.98. The van der Waals surface area contributed by atoms with E-state index < -0.39 is 4.92 Å². The molecule has 0 radical (unpaired) electrons. The van der Waals surface area contributed by atoms with Gasteiger partial charge >= 0.3 is 0 Å². The lowest BCUT2D eigenvalue weighted by molar-refractivity contribution is -0.384. The highest BCUT2D eigenvalue weighted by Crippen LogP contribution is 2.26. The van der Waals surface area contributed by atoms with E-state index in [-0.39, 0.29) is 11.6 Å². The van der Waals surface area contributed by atoms with E-state index in [4.69, 9.17) is 4.74 Å². The minimum atomic E-state index is -0.489. The van der Waals surface area contributed by atoms with Crippen LogP contribution in [0, 0.1) is 10.1 Å². The van der Waals surface area contributed by atoms with Gasteiger partial charge in [-0.15, -0.1) is 0 Å². The van der Waals surface area contributed by atoms with Gasteiger partial charge in [0, 0.05) is 11.5 Å². The third-order valence-corrected chi connectivity index (χ3v) is 2.82. The number of hydrogen-bond acceptors (Lipinski definition) is 5. The average molecular weight is 324 g/mol. The van der Waals surface area contributed by atoms with Crippen LogP contribution in [-0.4, -0.2) is 17.0 Å². The van der Waals surface area contributed by atoms with Gasteiger partial charge in [0.2, 0.25) is 5.88 Å². The van der Waals surface area contributed by atoms with Gasteiger partial charge in [0.15, 0.2) is 0 Å². The molecule has 2 aromatic rings. The number of benzene rings is 1. The van der Waals surface area contributed by atoms with Crippen LogP contribution < -0.4 is 10.1 Å². The molecule has 1 aromatic heterocycles. The molecule has 1 N–H and O–H groups in total. The van der Waals surface area contributed by atoms with E-state index in [1.54, 1.807) is 19.2 Å². The van der Waals surface area contributed by atoms with Gasteiger partial charge in [-0.25, -0.2) is 0 Å². The Labute approximate surface area is 117 Å². The molecular weight excluding hydrogens is 314 g/mol. The standard InChI is InChI=1S/C12H10BrN3O3/c1-14-11-6-9(16(17)18)7-12(15-11)19-10-4-2-8(13)3-5-10/h2-7H,1H3,(H,14,15). The zero-order valence-electron chi connectivity index (χ0n) is 9.96. The Morgan fingerprint density at radius 2 is 2.00 bits per heavy atom. The first-order chi connectivity index (χ1) is 9.08. The fraction of sp³-hybridized carbons (Fsp3) is 0.0833. The quantitative estimate of drug-likeness (QED) is 0.687. The van der Waals surface area contributed by atoms with Gasteiger partial charge in [-0.2, -0.15) is 4.98 Å². The summed E-state index contributed by atoms with van der Waals surface area (Å²) in [6.07, 6.45) is 0. The molecule has 19 heavy (non-hydrogen) atoms. The Morgan fingerprint density at radius 3 is 2.58 bits per heavy atom. The molecule has 6 nitrogen and oxygen atoms in total. The fourth-order valence-corrected chi connectivity index (χ4v) is 1.66. The molecule has 2 rings (SSSR count). The van der Waals surface area contributed by atoms with Crippen LogP contribution in [0.3, 0.4) is 0 Å². The van der Waals surface area contributed by atoms with Crippen molar-refractivity contribution in [3.63, 3.8) is 0 Å². The number of anilines is 1. The molecule has 98 valence electrons. The third kappa shape index (κ3) is 3.41. The maximum atomic E-state index is 10.8. The molecule has 7 heteroatoms. The first-order valence-electron chi connectivity index (χ1n) is 5.36. The van der Waals surface area contributed by atoms with Crippen LogP contribution in [-0.2, 0) is 0 Å². The summed E-state index contributed by atoms with van der Waals surface area (Å²) in [5.41, 5.74) is -0.0774. The summed E-state index contributed by atoms with van der Waals surface area (Å²) in [4.78, 5) is 14.4. The van der Waals surface area contributed by atoms with Crippen LogP contribution in [0.4, 0.5) is 11.5 Å². The summed E-state index contributed by atoms with van der Waals surface area (Å²) >= 11 is 3.31. The number of nitrogens with one attached hydrogen (secondary N) is 1. The number of pyridine rings is 1. The van der Waals surface area contributed by atoms with Crippen LogP contribution in [0.2, 0.25) is 0 Å². The second-order valence-electron chi connectivity index (χ2n) is 3.61. The van der Waals surface area contributed by atoms with E-state index in [1.807, 2.05) is 12.1 Å². The summed E-state index contributed by atoms with van der Waals surface area (Å²) in [7, 11) is 1.63. The molecular formula is C12H10BrN3O3. The molecule has 0 unspecified atom stereocenters. The number of halogens is 1. The predicted molar refractivity (Wildman–Crippen MR) is 74.7 cm³/mol. The van der Waals surface area contributed by atoms with Gasteiger partial charge in [0.25, 0.3) is 5.69 Å². The summed E-state index contributed by atoms with van der Waals surface area (Å²) in [5, 5.41) is 13.6. The van der Waals surface area contributed by atoms with E-state index in [1.165, 1.54) is 12.1 Å². The molecule has 0 aliphatic rings. The van der Waals surface area contributed by atoms with Gasteiger partial charge in [-0.1, -0.05) is 15.9 Å². The molecule has 1 aromatic carbocycles. The molecule has 1 heterocycles. The van der Waals surface area contributed by atoms with Gasteiger partial charge in [-0.05, 0) is 24.3 Å². The number of nitro groups is 1. The van der Waals surface area contributed by atoms with E-state index in [0.29, 0.717) is 11.6 Å². The zero-order chi connectivity index (χ0) is 13.8. The molecule has 0 aliphatic heterocycles. The van der Waals surface area contributed by atoms with Gasteiger partial charge < -0.3 is 10.1 Å². The van der Waals surface area contributed by atoms with Gasteiger partial charge in [-0.3, -0.25) is 10.1 Å². The highest BCUT2D eigenvalue weighted by molar-refractivity contribution is 9.10. The Kier molecular flexibility index (Phi) is 3.96. The minimum Gasteiger partial charge on any atom is -0.439 e. The third-order valence-electron chi connectivity index (χ3n) is 2.29. The van der Waals surface area contributed by atoms with Crippen molar-refractivity contribution in [1.29, 1.82) is 0 Å². The van der Waals surface area contributed by atoms with E-state index in [9.17, 15) is 10.1 Å². The average Bonchev–Trinajstić information content (AvgIpc) is 2.41. The predicted octanol–water partition coefficient (Wildman–Crippen LogP) is 3.59. The van der Waals surface area contributed by atoms with Crippen molar-refractivity contribution in [1.82, 2.24) is 4.98 Å². The largest absolute Gasteiger partial charge is 0.439 e. The number of aromatic nitrogens is 1. The van der Waals surface area contributed by atoms with Crippen LogP contribution in [0.5, 0.6) is 11.6 Å². The Bertz CT molecular complexity index is 602. The van der Waals surface area contributed by atoms with E-state index in [0.717, 1.165) is 4.47 Å². The molecule has 0 saturated heterocycles. The number of ether oxygens (including phenoxy) is 1. The number of nitrogens with zero attached hydrogens (tertiary/aromatic N) is 2. The Hall–Kier alpha value is -2.15. The number of rotatable bonds is 4. The van der Waals surface area contributed by atoms with Crippen molar-refractivity contribution in [3.8, 4) is 11.6 Å². The smallest absolute Gasteiger partial charge is 0.278 e. The maximum absolute atomic E-state index is 10.8. The zero-order valence-corrected chi connectivity index (χ0v) is 11.5. The monoisotopic (exact) mass is 323 g/mol. The lowest BCUT2D eigenvalue weighted by atomic mass is 10.3. The van der Waals surface area contributed by atoms with Crippen molar-refractivity contribution in [3.05, 3.63) is 51.0 Å². The normalized spacial score (nSPS) is 10.0. The first kappa shape index (κ1) is 13.3. The SMILES string of the molecule is CNc1cc([N+](=O)[O-])cc(Oc2ccc(Br)cc2)n1. The Morgan fingerprint density at radius 1 is 1.32 bits per heavy atom. The highest BCUT2D eigenvalue weighted by Gasteiger charge is 2.12. The highest BCUT2D eigenvalue weighted by atomic mass is 79.9. The second-order valence-corrected chi connectivity index (χ2v) is 4.53. The van der Waals surface area contributed by atoms with Crippen molar-refractivity contribution in [2.24, 2.45) is 0 Å². The van der Waals surface area contributed by atoms with Crippen LogP contribution in [0.1, 0.15) is 0 Å². The molecule has 0 fully saturated rings. The van der Waals surface area contributed by atoms with Crippen LogP contribution >= 0.6 is 15.9 Å². The molecule has 0 saturated carbocycles. The summed E-state index contributed by atoms with van der Waals surface area (Å²) in [6.45, 7) is 0. The van der Waals surface area contributed by atoms with Crippen LogP contribution in [0.25, 0.3) is 0 Å². The van der Waals surface area contributed by atoms with E-state index in [2.05, 4.69) is 26.2 Å². The van der Waals surface area contributed by atoms with Crippen molar-refractivity contribution in [2.75, 3.05) is 12.4 Å². The molecule has 0 bridgehead atoms. The Balaban J connectivity index is 2.31. The summed E-state index contributed by atoms with van der Waals surface area (Å²) in [5.74, 6) is 1.10.